The molecule has 138 valence electrons. The van der Waals surface area contributed by atoms with Crippen LogP contribution in [-0.2, 0) is 15.8 Å². The summed E-state index contributed by atoms with van der Waals surface area (Å²) in [6.07, 6.45) is -4.44. The largest absolute Gasteiger partial charge is 0.484 e. The molecule has 0 saturated carbocycles. The topological polar surface area (TPSA) is 67.4 Å². The van der Waals surface area contributed by atoms with Crippen LogP contribution < -0.4 is 15.4 Å². The molecule has 2 amide bonds. The molecule has 0 aromatic heterocycles. The van der Waals surface area contributed by atoms with E-state index in [0.717, 1.165) is 24.3 Å². The molecule has 0 aliphatic heterocycles. The van der Waals surface area contributed by atoms with Crippen LogP contribution in [0.3, 0.4) is 0 Å². The van der Waals surface area contributed by atoms with Crippen molar-refractivity contribution in [3.63, 3.8) is 0 Å². The van der Waals surface area contributed by atoms with Gasteiger partial charge in [-0.2, -0.15) is 13.2 Å². The van der Waals surface area contributed by atoms with Crippen LogP contribution in [0.15, 0.2) is 48.5 Å². The van der Waals surface area contributed by atoms with Crippen LogP contribution >= 0.6 is 11.6 Å². The van der Waals surface area contributed by atoms with Crippen LogP contribution in [0.4, 0.5) is 18.9 Å². The Bertz CT molecular complexity index is 762. The average Bonchev–Trinajstić information content (AvgIpc) is 2.59. The number of halogens is 4. The Balaban J connectivity index is 1.74. The van der Waals surface area contributed by atoms with Gasteiger partial charge in [0.15, 0.2) is 6.61 Å². The van der Waals surface area contributed by atoms with Gasteiger partial charge in [-0.05, 0) is 48.5 Å². The minimum atomic E-state index is -4.44. The lowest BCUT2D eigenvalue weighted by molar-refractivity contribution is -0.137. The zero-order valence-corrected chi connectivity index (χ0v) is 14.0. The Kier molecular flexibility index (Phi) is 6.46. The van der Waals surface area contributed by atoms with E-state index in [1.807, 2.05) is 0 Å². The highest BCUT2D eigenvalue weighted by molar-refractivity contribution is 6.30. The fourth-order valence-corrected chi connectivity index (χ4v) is 1.98. The van der Waals surface area contributed by atoms with Gasteiger partial charge in [0.05, 0.1) is 12.1 Å². The number of carbonyl (C=O) groups is 2. The van der Waals surface area contributed by atoms with Crippen LogP contribution in [0, 0.1) is 0 Å². The van der Waals surface area contributed by atoms with Gasteiger partial charge >= 0.3 is 6.18 Å². The van der Waals surface area contributed by atoms with Crippen LogP contribution in [0.5, 0.6) is 5.75 Å². The molecule has 2 N–H and O–H groups in total. The maximum absolute atomic E-state index is 12.5. The number of nitrogens with one attached hydrogen (secondary N) is 2. The summed E-state index contributed by atoms with van der Waals surface area (Å²) in [5, 5.41) is 5.25. The van der Waals surface area contributed by atoms with E-state index in [1.54, 1.807) is 24.3 Å². The highest BCUT2D eigenvalue weighted by Crippen LogP contribution is 2.29. The molecule has 0 unspecified atom stereocenters. The summed E-state index contributed by atoms with van der Waals surface area (Å²) in [6, 6.07) is 10.4. The molecular weight excluding hydrogens is 373 g/mol. The van der Waals surface area contributed by atoms with Gasteiger partial charge in [-0.15, -0.1) is 0 Å². The van der Waals surface area contributed by atoms with E-state index in [2.05, 4.69) is 10.6 Å². The quantitative estimate of drug-likeness (QED) is 0.798. The summed E-state index contributed by atoms with van der Waals surface area (Å²) in [5.74, 6) is -0.661. The van der Waals surface area contributed by atoms with Crippen LogP contribution in [0.25, 0.3) is 0 Å². The maximum Gasteiger partial charge on any atom is 0.416 e. The number of amides is 2. The molecule has 0 radical (unpaired) electrons. The molecule has 0 spiro atoms. The Labute approximate surface area is 152 Å². The summed E-state index contributed by atoms with van der Waals surface area (Å²) >= 11 is 5.72. The summed E-state index contributed by atoms with van der Waals surface area (Å²) in [4.78, 5) is 23.3. The summed E-state index contributed by atoms with van der Waals surface area (Å²) in [5.41, 5.74) is -0.627. The SMILES string of the molecule is O=C(COc1ccc(Cl)cc1)NCC(=O)Nc1ccc(C(F)(F)F)cc1. The Hall–Kier alpha value is -2.74. The maximum atomic E-state index is 12.5. The molecule has 0 aliphatic rings. The number of carbonyl (C=O) groups excluding carboxylic acids is 2. The molecule has 5 nitrogen and oxygen atoms in total. The third-order valence-corrected chi connectivity index (χ3v) is 3.38. The number of hydrogen-bond donors (Lipinski definition) is 2. The smallest absolute Gasteiger partial charge is 0.416 e. The van der Waals surface area contributed by atoms with Crippen LogP contribution in [-0.4, -0.2) is 25.0 Å². The van der Waals surface area contributed by atoms with Crippen LogP contribution in [0.1, 0.15) is 5.56 Å². The molecule has 26 heavy (non-hydrogen) atoms. The average molecular weight is 387 g/mol. The first-order chi connectivity index (χ1) is 12.2. The van der Waals surface area contributed by atoms with Crippen molar-refractivity contribution in [3.05, 3.63) is 59.1 Å². The number of benzene rings is 2. The predicted molar refractivity (Wildman–Crippen MR) is 90.0 cm³/mol. The van der Waals surface area contributed by atoms with Crippen molar-refractivity contribution in [1.82, 2.24) is 5.32 Å². The van der Waals surface area contributed by atoms with Crippen molar-refractivity contribution >= 4 is 29.1 Å². The van der Waals surface area contributed by atoms with Gasteiger partial charge in [-0.3, -0.25) is 9.59 Å². The zero-order chi connectivity index (χ0) is 19.2. The molecule has 2 aromatic carbocycles. The molecule has 0 saturated heterocycles. The summed E-state index contributed by atoms with van der Waals surface area (Å²) in [7, 11) is 0. The molecular formula is C17H14ClF3N2O3. The highest BCUT2D eigenvalue weighted by atomic mass is 35.5. The van der Waals surface area contributed by atoms with Crippen LogP contribution in [0.2, 0.25) is 5.02 Å². The molecule has 0 fully saturated rings. The van der Waals surface area contributed by atoms with Crippen molar-refractivity contribution in [3.8, 4) is 5.75 Å². The second-order valence-corrected chi connectivity index (χ2v) is 5.58. The highest BCUT2D eigenvalue weighted by Gasteiger charge is 2.29. The lowest BCUT2D eigenvalue weighted by Gasteiger charge is -2.10. The van der Waals surface area contributed by atoms with Crippen molar-refractivity contribution in [2.45, 2.75) is 6.18 Å². The lowest BCUT2D eigenvalue weighted by Crippen LogP contribution is -2.35. The van der Waals surface area contributed by atoms with Gasteiger partial charge in [-0.25, -0.2) is 0 Å². The van der Waals surface area contributed by atoms with E-state index in [4.69, 9.17) is 16.3 Å². The summed E-state index contributed by atoms with van der Waals surface area (Å²) in [6.45, 7) is -0.640. The first-order valence-electron chi connectivity index (χ1n) is 7.36. The van der Waals surface area contributed by atoms with E-state index in [1.165, 1.54) is 0 Å². The van der Waals surface area contributed by atoms with Crippen molar-refractivity contribution in [1.29, 1.82) is 0 Å². The Morgan fingerprint density at radius 2 is 1.58 bits per heavy atom. The van der Waals surface area contributed by atoms with Crippen molar-refractivity contribution in [2.24, 2.45) is 0 Å². The number of hydrogen-bond acceptors (Lipinski definition) is 3. The molecule has 0 atom stereocenters. The van der Waals surface area contributed by atoms with E-state index in [0.29, 0.717) is 10.8 Å². The second-order valence-electron chi connectivity index (χ2n) is 5.14. The normalized spacial score (nSPS) is 10.9. The molecule has 9 heteroatoms. The first kappa shape index (κ1) is 19.6. The Morgan fingerprint density at radius 1 is 0.962 bits per heavy atom. The fraction of sp³-hybridized carbons (Fsp3) is 0.176. The number of alkyl halides is 3. The van der Waals surface area contributed by atoms with Crippen molar-refractivity contribution < 1.29 is 27.5 Å². The molecule has 2 rings (SSSR count). The van der Waals surface area contributed by atoms with E-state index >= 15 is 0 Å². The van der Waals surface area contributed by atoms with Gasteiger partial charge in [-0.1, -0.05) is 11.6 Å². The summed E-state index contributed by atoms with van der Waals surface area (Å²) < 4.78 is 42.6. The van der Waals surface area contributed by atoms with E-state index in [9.17, 15) is 22.8 Å². The first-order valence-corrected chi connectivity index (χ1v) is 7.74. The molecule has 0 aliphatic carbocycles. The number of rotatable bonds is 6. The third-order valence-electron chi connectivity index (χ3n) is 3.13. The Morgan fingerprint density at radius 3 is 2.15 bits per heavy atom. The fourth-order valence-electron chi connectivity index (χ4n) is 1.86. The molecule has 0 heterocycles. The minimum Gasteiger partial charge on any atom is -0.484 e. The van der Waals surface area contributed by atoms with E-state index < -0.39 is 23.6 Å². The van der Waals surface area contributed by atoms with Gasteiger partial charge in [0.2, 0.25) is 5.91 Å². The number of anilines is 1. The van der Waals surface area contributed by atoms with E-state index in [-0.39, 0.29) is 18.8 Å². The van der Waals surface area contributed by atoms with Gasteiger partial charge in [0, 0.05) is 10.7 Å². The third kappa shape index (κ3) is 6.29. The van der Waals surface area contributed by atoms with Gasteiger partial charge in [0.1, 0.15) is 5.75 Å². The lowest BCUT2D eigenvalue weighted by atomic mass is 10.2. The van der Waals surface area contributed by atoms with Gasteiger partial charge in [0.25, 0.3) is 5.91 Å². The van der Waals surface area contributed by atoms with Crippen molar-refractivity contribution in [2.75, 3.05) is 18.5 Å². The molecule has 0 bridgehead atoms. The standard InChI is InChI=1S/C17H14ClF3N2O3/c18-12-3-7-14(8-4-12)26-10-16(25)22-9-15(24)23-13-5-1-11(2-6-13)17(19,20)21/h1-8H,9-10H2,(H,22,25)(H,23,24). The zero-order valence-electron chi connectivity index (χ0n) is 13.3. The predicted octanol–water partition coefficient (Wildman–Crippen LogP) is 3.49. The monoisotopic (exact) mass is 386 g/mol. The molecule has 2 aromatic rings. The van der Waals surface area contributed by atoms with Gasteiger partial charge < -0.3 is 15.4 Å². The second kappa shape index (κ2) is 8.57. The minimum absolute atomic E-state index is 0.190. The number of ether oxygens (including phenoxy) is 1.